The van der Waals surface area contributed by atoms with Crippen molar-refractivity contribution in [1.82, 2.24) is 15.2 Å². The van der Waals surface area contributed by atoms with Crippen LogP contribution in [0.2, 0.25) is 0 Å². The molecule has 38 heavy (non-hydrogen) atoms. The molecular weight excluding hydrogens is 478 g/mol. The molecule has 204 valence electrons. The Morgan fingerprint density at radius 1 is 1.13 bits per heavy atom. The summed E-state index contributed by atoms with van der Waals surface area (Å²) in [5, 5.41) is 12.9. The van der Waals surface area contributed by atoms with Crippen LogP contribution in [0.5, 0.6) is 0 Å². The van der Waals surface area contributed by atoms with E-state index in [9.17, 15) is 14.9 Å². The lowest BCUT2D eigenvalue weighted by atomic mass is 9.87. The van der Waals surface area contributed by atoms with Gasteiger partial charge in [0, 0.05) is 43.8 Å². The summed E-state index contributed by atoms with van der Waals surface area (Å²) in [5.41, 5.74) is 2.18. The molecule has 1 N–H and O–H groups in total. The van der Waals surface area contributed by atoms with Crippen molar-refractivity contribution in [3.05, 3.63) is 59.9 Å². The zero-order valence-corrected chi connectivity index (χ0v) is 23.5. The molecule has 0 saturated heterocycles. The van der Waals surface area contributed by atoms with Gasteiger partial charge in [-0.25, -0.2) is 0 Å². The van der Waals surface area contributed by atoms with Gasteiger partial charge in [0.15, 0.2) is 6.19 Å². The van der Waals surface area contributed by atoms with E-state index in [1.807, 2.05) is 30.3 Å². The highest BCUT2D eigenvalue weighted by molar-refractivity contribution is 6.04. The summed E-state index contributed by atoms with van der Waals surface area (Å²) in [5.74, 6) is -0.666. The van der Waals surface area contributed by atoms with E-state index < -0.39 is 24.1 Å². The predicted octanol–water partition coefficient (Wildman–Crippen LogP) is 4.72. The molecule has 0 radical (unpaired) electrons. The smallest absolute Gasteiger partial charge is 0.254 e. The fourth-order valence-corrected chi connectivity index (χ4v) is 5.02. The van der Waals surface area contributed by atoms with Crippen molar-refractivity contribution in [1.29, 1.82) is 5.26 Å². The zero-order valence-electron chi connectivity index (χ0n) is 23.5. The van der Waals surface area contributed by atoms with E-state index in [4.69, 9.17) is 4.74 Å². The standard InChI is InChI=1S/C30H41N5O3/c1-21(38-6)26(34(5)20-31)29(37)35(25-16-14-23(15-17-25)30(2,3)4)27(22-11-10-18-32-19-22)28(36)33-24-12-8-7-9-13-24/h10-11,14-19,21,24,26-27H,7-9,12-13H2,1-6H3,(H,33,36). The number of hydrogen-bond acceptors (Lipinski definition) is 6. The number of rotatable bonds is 9. The van der Waals surface area contributed by atoms with E-state index in [0.717, 1.165) is 31.2 Å². The summed E-state index contributed by atoms with van der Waals surface area (Å²) in [7, 11) is 3.06. The molecule has 0 bridgehead atoms. The number of nitriles is 1. The fourth-order valence-electron chi connectivity index (χ4n) is 5.02. The maximum atomic E-state index is 14.4. The Bertz CT molecular complexity index is 1100. The quantitative estimate of drug-likeness (QED) is 0.380. The second-order valence-corrected chi connectivity index (χ2v) is 11.1. The third-order valence-electron chi connectivity index (χ3n) is 7.35. The van der Waals surface area contributed by atoms with Crippen LogP contribution in [0, 0.1) is 11.5 Å². The summed E-state index contributed by atoms with van der Waals surface area (Å²) < 4.78 is 5.52. The zero-order chi connectivity index (χ0) is 27.9. The number of nitrogens with zero attached hydrogens (tertiary/aromatic N) is 4. The third-order valence-corrected chi connectivity index (χ3v) is 7.35. The molecule has 2 aromatic rings. The van der Waals surface area contributed by atoms with Gasteiger partial charge in [-0.2, -0.15) is 5.26 Å². The van der Waals surface area contributed by atoms with E-state index in [-0.39, 0.29) is 17.4 Å². The van der Waals surface area contributed by atoms with Crippen LogP contribution in [-0.2, 0) is 19.7 Å². The number of pyridine rings is 1. The maximum absolute atomic E-state index is 14.4. The van der Waals surface area contributed by atoms with Gasteiger partial charge in [-0.05, 0) is 48.9 Å². The Labute approximate surface area is 227 Å². The number of hydrogen-bond donors (Lipinski definition) is 1. The Balaban J connectivity index is 2.16. The van der Waals surface area contributed by atoms with E-state index in [2.05, 4.69) is 37.3 Å². The monoisotopic (exact) mass is 519 g/mol. The fraction of sp³-hybridized carbons (Fsp3) is 0.533. The van der Waals surface area contributed by atoms with Crippen molar-refractivity contribution in [2.75, 3.05) is 19.1 Å². The molecule has 0 spiro atoms. The molecule has 1 aromatic heterocycles. The summed E-state index contributed by atoms with van der Waals surface area (Å²) in [6.07, 6.45) is 9.87. The van der Waals surface area contributed by atoms with Gasteiger partial charge in [0.1, 0.15) is 12.1 Å². The van der Waals surface area contributed by atoms with Crippen molar-refractivity contribution in [2.24, 2.45) is 0 Å². The highest BCUT2D eigenvalue weighted by Gasteiger charge is 2.40. The molecule has 1 aliphatic rings. The van der Waals surface area contributed by atoms with Crippen LogP contribution in [0.4, 0.5) is 5.69 Å². The lowest BCUT2D eigenvalue weighted by Gasteiger charge is -2.38. The van der Waals surface area contributed by atoms with Gasteiger partial charge < -0.3 is 10.1 Å². The van der Waals surface area contributed by atoms with Gasteiger partial charge in [0.2, 0.25) is 5.91 Å². The van der Waals surface area contributed by atoms with Crippen LogP contribution in [0.15, 0.2) is 48.8 Å². The second kappa shape index (κ2) is 12.9. The van der Waals surface area contributed by atoms with Crippen LogP contribution in [0.3, 0.4) is 0 Å². The van der Waals surface area contributed by atoms with Crippen molar-refractivity contribution in [3.63, 3.8) is 0 Å². The Hall–Kier alpha value is -3.44. The number of nitrogens with one attached hydrogen (secondary N) is 1. The summed E-state index contributed by atoms with van der Waals surface area (Å²) in [4.78, 5) is 35.5. The average Bonchev–Trinajstić information content (AvgIpc) is 2.91. The van der Waals surface area contributed by atoms with Crippen LogP contribution in [0.1, 0.15) is 77.0 Å². The molecule has 1 aliphatic carbocycles. The van der Waals surface area contributed by atoms with Gasteiger partial charge in [0.25, 0.3) is 5.91 Å². The SMILES string of the molecule is COC(C)C(C(=O)N(c1ccc(C(C)(C)C)cc1)C(C(=O)NC1CCCCC1)c1cccnc1)N(C)C#N. The molecule has 8 heteroatoms. The maximum Gasteiger partial charge on any atom is 0.254 e. The summed E-state index contributed by atoms with van der Waals surface area (Å²) in [6, 6.07) is 9.43. The molecule has 3 rings (SSSR count). The molecule has 3 atom stereocenters. The minimum atomic E-state index is -0.975. The number of anilines is 1. The Morgan fingerprint density at radius 2 is 1.79 bits per heavy atom. The second-order valence-electron chi connectivity index (χ2n) is 11.1. The van der Waals surface area contributed by atoms with Crippen LogP contribution >= 0.6 is 0 Å². The normalized spacial score (nSPS) is 16.6. The number of amides is 2. The molecule has 0 aliphatic heterocycles. The first kappa shape index (κ1) is 29.1. The molecule has 1 heterocycles. The number of benzene rings is 1. The Morgan fingerprint density at radius 3 is 2.32 bits per heavy atom. The van der Waals surface area contributed by atoms with Crippen molar-refractivity contribution < 1.29 is 14.3 Å². The van der Waals surface area contributed by atoms with Gasteiger partial charge in [-0.15, -0.1) is 0 Å². The number of methoxy groups -OCH3 is 1. The van der Waals surface area contributed by atoms with Gasteiger partial charge in [0.05, 0.1) is 6.10 Å². The van der Waals surface area contributed by atoms with E-state index in [0.29, 0.717) is 11.3 Å². The average molecular weight is 520 g/mol. The van der Waals surface area contributed by atoms with Gasteiger partial charge >= 0.3 is 0 Å². The minimum Gasteiger partial charge on any atom is -0.379 e. The molecule has 1 saturated carbocycles. The number of aromatic nitrogens is 1. The molecule has 1 aromatic carbocycles. The summed E-state index contributed by atoms with van der Waals surface area (Å²) in [6.45, 7) is 8.12. The van der Waals surface area contributed by atoms with Crippen molar-refractivity contribution in [3.8, 4) is 6.19 Å². The lowest BCUT2D eigenvalue weighted by molar-refractivity contribution is -0.131. The van der Waals surface area contributed by atoms with Crippen LogP contribution < -0.4 is 10.2 Å². The highest BCUT2D eigenvalue weighted by Crippen LogP contribution is 2.32. The van der Waals surface area contributed by atoms with E-state index in [1.165, 1.54) is 23.3 Å². The number of carbonyl (C=O) groups is 2. The van der Waals surface area contributed by atoms with E-state index in [1.54, 1.807) is 32.4 Å². The van der Waals surface area contributed by atoms with Gasteiger partial charge in [-0.3, -0.25) is 24.4 Å². The third kappa shape index (κ3) is 6.90. The first-order valence-corrected chi connectivity index (χ1v) is 13.4. The first-order chi connectivity index (χ1) is 18.1. The van der Waals surface area contributed by atoms with Crippen molar-refractivity contribution in [2.45, 2.75) is 89.4 Å². The largest absolute Gasteiger partial charge is 0.379 e. The molecule has 3 unspecified atom stereocenters. The molecular formula is C30H41N5O3. The Kier molecular flexibility index (Phi) is 9.87. The molecule has 2 amide bonds. The molecule has 8 nitrogen and oxygen atoms in total. The highest BCUT2D eigenvalue weighted by atomic mass is 16.5. The van der Waals surface area contributed by atoms with Crippen LogP contribution in [-0.4, -0.2) is 54.0 Å². The molecule has 1 fully saturated rings. The van der Waals surface area contributed by atoms with Gasteiger partial charge in [-0.1, -0.05) is 58.2 Å². The number of ether oxygens (including phenoxy) is 1. The number of likely N-dealkylation sites (N-methyl/N-ethyl adjacent to an activating group) is 1. The minimum absolute atomic E-state index is 0.0612. The van der Waals surface area contributed by atoms with Crippen LogP contribution in [0.25, 0.3) is 0 Å². The first-order valence-electron chi connectivity index (χ1n) is 13.4. The number of carbonyl (C=O) groups excluding carboxylic acids is 2. The topological polar surface area (TPSA) is 98.6 Å². The van der Waals surface area contributed by atoms with E-state index >= 15 is 0 Å². The lowest BCUT2D eigenvalue weighted by Crippen LogP contribution is -2.55. The predicted molar refractivity (Wildman–Crippen MR) is 148 cm³/mol. The van der Waals surface area contributed by atoms with Crippen molar-refractivity contribution >= 4 is 17.5 Å². The summed E-state index contributed by atoms with van der Waals surface area (Å²) >= 11 is 0.